The van der Waals surface area contributed by atoms with Gasteiger partial charge in [0.25, 0.3) is 0 Å². The Balaban J connectivity index is 1.68. The van der Waals surface area contributed by atoms with Gasteiger partial charge in [-0.2, -0.15) is 0 Å². The van der Waals surface area contributed by atoms with Gasteiger partial charge in [-0.05, 0) is 6.42 Å². The predicted octanol–water partition coefficient (Wildman–Crippen LogP) is 2.20. The summed E-state index contributed by atoms with van der Waals surface area (Å²) in [6.45, 7) is 5.16. The fourth-order valence-electron chi connectivity index (χ4n) is 2.78. The Bertz CT molecular complexity index is 516. The summed E-state index contributed by atoms with van der Waals surface area (Å²) in [5, 5.41) is 4.22. The van der Waals surface area contributed by atoms with Crippen molar-refractivity contribution in [1.82, 2.24) is 5.32 Å². The summed E-state index contributed by atoms with van der Waals surface area (Å²) >= 11 is 0. The number of benzene rings is 1. The van der Waals surface area contributed by atoms with Crippen LogP contribution in [0.4, 0.5) is 0 Å². The number of rotatable bonds is 7. The van der Waals surface area contributed by atoms with Crippen LogP contribution in [0.25, 0.3) is 0 Å². The first-order chi connectivity index (χ1) is 10.5. The second kappa shape index (κ2) is 7.58. The molecule has 0 aromatic heterocycles. The zero-order chi connectivity index (χ0) is 16.0. The van der Waals surface area contributed by atoms with E-state index in [-0.39, 0.29) is 11.9 Å². The average molecular weight is 319 g/mol. The molecule has 0 bridgehead atoms. The van der Waals surface area contributed by atoms with Crippen molar-refractivity contribution < 1.29 is 14.3 Å². The van der Waals surface area contributed by atoms with E-state index in [4.69, 9.17) is 4.74 Å². The minimum Gasteiger partial charge on any atom is -0.464 e. The molecule has 1 aliphatic rings. The predicted molar refractivity (Wildman–Crippen MR) is 89.7 cm³/mol. The number of amides is 1. The molecule has 1 N–H and O–H groups in total. The molecule has 2 rings (SSSR count). The Morgan fingerprint density at radius 3 is 2.64 bits per heavy atom. The maximum Gasteiger partial charge on any atom is 0.328 e. The Labute approximate surface area is 133 Å². The quantitative estimate of drug-likeness (QED) is 0.476. The highest BCUT2D eigenvalue weighted by Crippen LogP contribution is 2.15. The highest BCUT2D eigenvalue weighted by Gasteiger charge is 2.27. The van der Waals surface area contributed by atoms with Crippen LogP contribution in [0, 0.1) is 0 Å². The number of hydrogen-bond donors (Lipinski definition) is 1. The highest BCUT2D eigenvalue weighted by molar-refractivity contribution is 6.89. The van der Waals surface area contributed by atoms with Crippen LogP contribution < -0.4 is 10.5 Å². The number of cyclic esters (lactones) is 1. The molecule has 1 aliphatic heterocycles. The van der Waals surface area contributed by atoms with Gasteiger partial charge in [0.05, 0.1) is 14.7 Å². The van der Waals surface area contributed by atoms with Gasteiger partial charge >= 0.3 is 5.97 Å². The summed E-state index contributed by atoms with van der Waals surface area (Å²) < 4.78 is 4.84. The summed E-state index contributed by atoms with van der Waals surface area (Å²) in [5.74, 6) is -0.339. The Kier molecular flexibility index (Phi) is 5.77. The van der Waals surface area contributed by atoms with Crippen molar-refractivity contribution in [3.8, 4) is 0 Å². The number of hydrogen-bond acceptors (Lipinski definition) is 3. The molecule has 120 valence electrons. The smallest absolute Gasteiger partial charge is 0.328 e. The molecular formula is C17H25NO3Si. The third kappa shape index (κ3) is 4.70. The first kappa shape index (κ1) is 16.7. The number of nitrogens with one attached hydrogen (secondary N) is 1. The molecule has 22 heavy (non-hydrogen) atoms. The first-order valence-corrected chi connectivity index (χ1v) is 11.2. The lowest BCUT2D eigenvalue weighted by Crippen LogP contribution is -2.41. The molecule has 0 saturated carbocycles. The summed E-state index contributed by atoms with van der Waals surface area (Å²) in [7, 11) is -1.40. The van der Waals surface area contributed by atoms with Crippen molar-refractivity contribution in [3.63, 3.8) is 0 Å². The number of unbranched alkanes of at least 4 members (excludes halogenated alkanes) is 1. The lowest BCUT2D eigenvalue weighted by atomic mass is 10.2. The molecule has 0 aliphatic carbocycles. The standard InChI is InChI=1S/C17H25NO3Si/c1-22(2,14-8-4-3-5-9-14)13-7-6-10-16(19)18-15-11-12-21-17(15)20/h3-5,8-9,15H,6-7,10-13H2,1-2H3,(H,18,19)/t15-/m0/s1. The van der Waals surface area contributed by atoms with Crippen LogP contribution in [0.5, 0.6) is 0 Å². The maximum atomic E-state index is 11.8. The summed E-state index contributed by atoms with van der Waals surface area (Å²) in [6, 6.07) is 11.4. The molecule has 1 saturated heterocycles. The van der Waals surface area contributed by atoms with E-state index in [0.29, 0.717) is 19.4 Å². The van der Waals surface area contributed by atoms with Crippen molar-refractivity contribution in [2.45, 2.75) is 50.9 Å². The average Bonchev–Trinajstić information content (AvgIpc) is 2.90. The van der Waals surface area contributed by atoms with Crippen LogP contribution in [-0.4, -0.2) is 32.6 Å². The molecule has 1 aromatic carbocycles. The Morgan fingerprint density at radius 1 is 1.27 bits per heavy atom. The van der Waals surface area contributed by atoms with Crippen molar-refractivity contribution in [3.05, 3.63) is 30.3 Å². The molecule has 1 amide bonds. The Hall–Kier alpha value is -1.62. The van der Waals surface area contributed by atoms with Crippen LogP contribution >= 0.6 is 0 Å². The van der Waals surface area contributed by atoms with Crippen LogP contribution in [-0.2, 0) is 14.3 Å². The maximum absolute atomic E-state index is 11.8. The van der Waals surface area contributed by atoms with Crippen LogP contribution in [0.3, 0.4) is 0 Å². The minimum absolute atomic E-state index is 0.0389. The van der Waals surface area contributed by atoms with E-state index in [0.717, 1.165) is 12.8 Å². The minimum atomic E-state index is -1.40. The van der Waals surface area contributed by atoms with E-state index < -0.39 is 14.1 Å². The van der Waals surface area contributed by atoms with Gasteiger partial charge < -0.3 is 10.1 Å². The summed E-state index contributed by atoms with van der Waals surface area (Å²) in [6.07, 6.45) is 3.01. The van der Waals surface area contributed by atoms with Crippen molar-refractivity contribution in [1.29, 1.82) is 0 Å². The van der Waals surface area contributed by atoms with Crippen LogP contribution in [0.1, 0.15) is 25.7 Å². The number of esters is 1. The lowest BCUT2D eigenvalue weighted by molar-refractivity contribution is -0.141. The SMILES string of the molecule is C[Si](C)(CCCCC(=O)N[C@H]1CCOC1=O)c1ccccc1. The third-order valence-corrected chi connectivity index (χ3v) is 7.78. The van der Waals surface area contributed by atoms with E-state index >= 15 is 0 Å². The number of carbonyl (C=O) groups is 2. The highest BCUT2D eigenvalue weighted by atomic mass is 28.3. The molecule has 5 heteroatoms. The van der Waals surface area contributed by atoms with Gasteiger partial charge in [-0.15, -0.1) is 0 Å². The molecule has 0 unspecified atom stereocenters. The normalized spacial score (nSPS) is 18.1. The van der Waals surface area contributed by atoms with Gasteiger partial charge in [-0.1, -0.05) is 61.1 Å². The number of carbonyl (C=O) groups excluding carboxylic acids is 2. The van der Waals surface area contributed by atoms with Gasteiger partial charge in [0.2, 0.25) is 5.91 Å². The van der Waals surface area contributed by atoms with Gasteiger partial charge in [0.15, 0.2) is 0 Å². The van der Waals surface area contributed by atoms with Gasteiger partial charge in [0, 0.05) is 12.8 Å². The molecule has 1 aromatic rings. The van der Waals surface area contributed by atoms with E-state index in [1.807, 2.05) is 6.07 Å². The fraction of sp³-hybridized carbons (Fsp3) is 0.529. The second-order valence-electron chi connectivity index (χ2n) is 6.53. The second-order valence-corrected chi connectivity index (χ2v) is 11.4. The molecule has 1 fully saturated rings. The zero-order valence-electron chi connectivity index (χ0n) is 13.4. The first-order valence-electron chi connectivity index (χ1n) is 8.00. The van der Waals surface area contributed by atoms with E-state index in [9.17, 15) is 9.59 Å². The fourth-order valence-corrected chi connectivity index (χ4v) is 5.30. The van der Waals surface area contributed by atoms with E-state index in [1.54, 1.807) is 0 Å². The molecule has 1 atom stereocenters. The number of ether oxygens (including phenoxy) is 1. The topological polar surface area (TPSA) is 55.4 Å². The zero-order valence-corrected chi connectivity index (χ0v) is 14.4. The third-order valence-electron chi connectivity index (χ3n) is 4.28. The van der Waals surface area contributed by atoms with Gasteiger partial charge in [-0.3, -0.25) is 4.79 Å². The van der Waals surface area contributed by atoms with E-state index in [2.05, 4.69) is 42.7 Å². The van der Waals surface area contributed by atoms with Gasteiger partial charge in [0.1, 0.15) is 6.04 Å². The monoisotopic (exact) mass is 319 g/mol. The molecular weight excluding hydrogens is 294 g/mol. The molecule has 4 nitrogen and oxygen atoms in total. The Morgan fingerprint density at radius 2 is 2.00 bits per heavy atom. The van der Waals surface area contributed by atoms with Gasteiger partial charge in [-0.25, -0.2) is 4.79 Å². The van der Waals surface area contributed by atoms with Crippen LogP contribution in [0.15, 0.2) is 30.3 Å². The summed E-state index contributed by atoms with van der Waals surface area (Å²) in [4.78, 5) is 23.1. The summed E-state index contributed by atoms with van der Waals surface area (Å²) in [5.41, 5.74) is 0. The van der Waals surface area contributed by atoms with Crippen LogP contribution in [0.2, 0.25) is 19.1 Å². The van der Waals surface area contributed by atoms with Crippen molar-refractivity contribution in [2.24, 2.45) is 0 Å². The molecule has 0 radical (unpaired) electrons. The van der Waals surface area contributed by atoms with Crippen molar-refractivity contribution in [2.75, 3.05) is 6.61 Å². The lowest BCUT2D eigenvalue weighted by Gasteiger charge is -2.22. The largest absolute Gasteiger partial charge is 0.464 e. The molecule has 1 heterocycles. The van der Waals surface area contributed by atoms with Crippen molar-refractivity contribution >= 4 is 25.1 Å². The molecule has 0 spiro atoms. The van der Waals surface area contributed by atoms with E-state index in [1.165, 1.54) is 11.2 Å².